The molecule has 4 aromatic rings. The van der Waals surface area contributed by atoms with Gasteiger partial charge in [-0.1, -0.05) is 29.4 Å². The first-order chi connectivity index (χ1) is 15.0. The van der Waals surface area contributed by atoms with Crippen molar-refractivity contribution in [3.8, 4) is 17.0 Å². The van der Waals surface area contributed by atoms with Crippen LogP contribution in [0.2, 0.25) is 0 Å². The predicted octanol–water partition coefficient (Wildman–Crippen LogP) is 5.48. The summed E-state index contributed by atoms with van der Waals surface area (Å²) in [7, 11) is 0. The van der Waals surface area contributed by atoms with Crippen LogP contribution in [0.15, 0.2) is 58.4 Å². The van der Waals surface area contributed by atoms with Gasteiger partial charge in [-0.05, 0) is 50.6 Å². The van der Waals surface area contributed by atoms with Crippen LogP contribution in [-0.4, -0.2) is 16.0 Å². The topological polar surface area (TPSA) is 77.2 Å². The Balaban J connectivity index is 1.34. The van der Waals surface area contributed by atoms with E-state index in [0.29, 0.717) is 6.61 Å². The molecule has 2 heterocycles. The van der Waals surface area contributed by atoms with Crippen molar-refractivity contribution < 1.29 is 14.1 Å². The Bertz CT molecular complexity index is 1180. The Morgan fingerprint density at radius 1 is 1.13 bits per heavy atom. The lowest BCUT2D eigenvalue weighted by atomic mass is 10.1. The molecule has 6 nitrogen and oxygen atoms in total. The molecule has 0 bridgehead atoms. The molecule has 1 N–H and O–H groups in total. The summed E-state index contributed by atoms with van der Waals surface area (Å²) >= 11 is 1.61. The summed E-state index contributed by atoms with van der Waals surface area (Å²) in [5, 5.41) is 9.93. The van der Waals surface area contributed by atoms with Gasteiger partial charge in [-0.15, -0.1) is 11.3 Å². The molecule has 158 valence electrons. The van der Waals surface area contributed by atoms with Gasteiger partial charge in [0.2, 0.25) is 5.91 Å². The van der Waals surface area contributed by atoms with Crippen LogP contribution in [0.4, 0.5) is 5.69 Å². The predicted molar refractivity (Wildman–Crippen MR) is 121 cm³/mol. The molecule has 0 fully saturated rings. The summed E-state index contributed by atoms with van der Waals surface area (Å²) in [4.78, 5) is 17.0. The summed E-state index contributed by atoms with van der Waals surface area (Å²) in [5.41, 5.74) is 5.37. The molecular formula is C24H23N3O3S. The molecule has 31 heavy (non-hydrogen) atoms. The van der Waals surface area contributed by atoms with Gasteiger partial charge in [0.25, 0.3) is 0 Å². The van der Waals surface area contributed by atoms with Crippen molar-refractivity contribution in [2.75, 3.05) is 5.32 Å². The summed E-state index contributed by atoms with van der Waals surface area (Å²) in [6, 6.07) is 15.3. The molecule has 0 unspecified atom stereocenters. The third-order valence-corrected chi connectivity index (χ3v) is 5.69. The number of hydrogen-bond acceptors (Lipinski definition) is 6. The minimum atomic E-state index is -0.0732. The number of aryl methyl sites for hydroxylation is 3. The zero-order chi connectivity index (χ0) is 21.8. The Morgan fingerprint density at radius 2 is 1.94 bits per heavy atom. The number of carbonyl (C=O) groups is 1. The summed E-state index contributed by atoms with van der Waals surface area (Å²) in [6.45, 7) is 6.14. The number of nitrogens with zero attached hydrogens (tertiary/aromatic N) is 2. The maximum Gasteiger partial charge on any atom is 0.228 e. The van der Waals surface area contributed by atoms with Crippen molar-refractivity contribution >= 4 is 22.9 Å². The summed E-state index contributed by atoms with van der Waals surface area (Å²) in [6.07, 6.45) is 0.282. The number of nitrogens with one attached hydrogen (secondary N) is 1. The van der Waals surface area contributed by atoms with E-state index in [4.69, 9.17) is 9.26 Å². The van der Waals surface area contributed by atoms with Gasteiger partial charge in [0.1, 0.15) is 18.1 Å². The molecule has 1 amide bonds. The molecule has 0 radical (unpaired) electrons. The monoisotopic (exact) mass is 433 g/mol. The van der Waals surface area contributed by atoms with Crippen LogP contribution in [-0.2, 0) is 17.8 Å². The van der Waals surface area contributed by atoms with E-state index in [0.717, 1.165) is 50.3 Å². The van der Waals surface area contributed by atoms with Crippen LogP contribution in [0.5, 0.6) is 5.75 Å². The van der Waals surface area contributed by atoms with Gasteiger partial charge in [-0.3, -0.25) is 4.79 Å². The van der Waals surface area contributed by atoms with Crippen LogP contribution in [0.3, 0.4) is 0 Å². The number of benzene rings is 2. The second-order valence-electron chi connectivity index (χ2n) is 7.29. The molecule has 2 aromatic carbocycles. The minimum Gasteiger partial charge on any atom is -0.489 e. The van der Waals surface area contributed by atoms with E-state index in [2.05, 4.69) is 15.5 Å². The first-order valence-corrected chi connectivity index (χ1v) is 10.8. The van der Waals surface area contributed by atoms with Gasteiger partial charge < -0.3 is 14.6 Å². The van der Waals surface area contributed by atoms with E-state index in [9.17, 15) is 4.79 Å². The van der Waals surface area contributed by atoms with Crippen molar-refractivity contribution in [1.29, 1.82) is 0 Å². The number of rotatable bonds is 7. The molecule has 4 rings (SSSR count). The molecule has 0 saturated heterocycles. The smallest absolute Gasteiger partial charge is 0.228 e. The van der Waals surface area contributed by atoms with Crippen molar-refractivity contribution in [2.24, 2.45) is 0 Å². The van der Waals surface area contributed by atoms with Gasteiger partial charge in [0.15, 0.2) is 0 Å². The molecule has 0 spiro atoms. The molecular weight excluding hydrogens is 410 g/mol. The number of thiazole rings is 1. The first kappa shape index (κ1) is 20.8. The maximum atomic E-state index is 12.5. The molecule has 2 aromatic heterocycles. The number of anilines is 1. The Hall–Kier alpha value is -3.45. The van der Waals surface area contributed by atoms with E-state index < -0.39 is 0 Å². The number of aromatic nitrogens is 2. The van der Waals surface area contributed by atoms with E-state index in [1.807, 2.05) is 74.7 Å². The number of carbonyl (C=O) groups excluding carboxylic acids is 1. The highest BCUT2D eigenvalue weighted by Crippen LogP contribution is 2.24. The molecule has 0 aliphatic heterocycles. The SMILES string of the molecule is Cc1nc(-c2cccc(NC(=O)Cc3ccc(OCc4c(C)noc4C)cc3)c2)cs1. The highest BCUT2D eigenvalue weighted by Gasteiger charge is 2.10. The van der Waals surface area contributed by atoms with Crippen molar-refractivity contribution in [2.45, 2.75) is 33.8 Å². The fourth-order valence-corrected chi connectivity index (χ4v) is 3.83. The summed E-state index contributed by atoms with van der Waals surface area (Å²) in [5.74, 6) is 1.42. The Morgan fingerprint density at radius 3 is 2.61 bits per heavy atom. The number of hydrogen-bond donors (Lipinski definition) is 1. The van der Waals surface area contributed by atoms with Gasteiger partial charge in [-0.25, -0.2) is 4.98 Å². The van der Waals surface area contributed by atoms with Crippen LogP contribution in [0.25, 0.3) is 11.3 Å². The van der Waals surface area contributed by atoms with Crippen molar-refractivity contribution in [1.82, 2.24) is 10.1 Å². The quantitative estimate of drug-likeness (QED) is 0.417. The average molecular weight is 434 g/mol. The third-order valence-electron chi connectivity index (χ3n) is 4.91. The Labute approximate surface area is 184 Å². The molecule has 7 heteroatoms. The fourth-order valence-electron chi connectivity index (χ4n) is 3.21. The highest BCUT2D eigenvalue weighted by molar-refractivity contribution is 7.09. The number of ether oxygens (including phenoxy) is 1. The lowest BCUT2D eigenvalue weighted by molar-refractivity contribution is -0.115. The first-order valence-electron chi connectivity index (χ1n) is 9.94. The normalized spacial score (nSPS) is 10.8. The zero-order valence-corrected chi connectivity index (χ0v) is 18.5. The largest absolute Gasteiger partial charge is 0.489 e. The van der Waals surface area contributed by atoms with E-state index >= 15 is 0 Å². The third kappa shape index (κ3) is 5.19. The number of amides is 1. The lowest BCUT2D eigenvalue weighted by Crippen LogP contribution is -2.14. The lowest BCUT2D eigenvalue weighted by Gasteiger charge is -2.09. The zero-order valence-electron chi connectivity index (χ0n) is 17.6. The van der Waals surface area contributed by atoms with Gasteiger partial charge in [-0.2, -0.15) is 0 Å². The van der Waals surface area contributed by atoms with Gasteiger partial charge >= 0.3 is 0 Å². The average Bonchev–Trinajstić information content (AvgIpc) is 3.33. The van der Waals surface area contributed by atoms with Gasteiger partial charge in [0, 0.05) is 16.6 Å². The van der Waals surface area contributed by atoms with Crippen LogP contribution in [0.1, 0.15) is 27.6 Å². The second-order valence-corrected chi connectivity index (χ2v) is 8.36. The van der Waals surface area contributed by atoms with E-state index in [-0.39, 0.29) is 12.3 Å². The van der Waals surface area contributed by atoms with Crippen LogP contribution in [0, 0.1) is 20.8 Å². The molecule has 0 aliphatic rings. The van der Waals surface area contributed by atoms with Gasteiger partial charge in [0.05, 0.1) is 28.4 Å². The molecule has 0 saturated carbocycles. The highest BCUT2D eigenvalue weighted by atomic mass is 32.1. The molecule has 0 atom stereocenters. The van der Waals surface area contributed by atoms with E-state index in [1.54, 1.807) is 11.3 Å². The maximum absolute atomic E-state index is 12.5. The second kappa shape index (κ2) is 9.14. The van der Waals surface area contributed by atoms with Crippen LogP contribution < -0.4 is 10.1 Å². The van der Waals surface area contributed by atoms with Crippen molar-refractivity contribution in [3.05, 3.63) is 81.5 Å². The standard InChI is InChI=1S/C24H23N3O3S/c1-15-22(16(2)30-27-15)13-29-21-9-7-18(8-10-21)11-24(28)26-20-6-4-5-19(12-20)23-14-31-17(3)25-23/h4-10,12,14H,11,13H2,1-3H3,(H,26,28). The van der Waals surface area contributed by atoms with E-state index in [1.165, 1.54) is 0 Å². The van der Waals surface area contributed by atoms with Crippen LogP contribution >= 0.6 is 11.3 Å². The minimum absolute atomic E-state index is 0.0732. The summed E-state index contributed by atoms with van der Waals surface area (Å²) < 4.78 is 11.0. The van der Waals surface area contributed by atoms with Crippen molar-refractivity contribution in [3.63, 3.8) is 0 Å². The fraction of sp³-hybridized carbons (Fsp3) is 0.208. The Kier molecular flexibility index (Phi) is 6.13. The molecule has 0 aliphatic carbocycles.